The highest BCUT2D eigenvalue weighted by atomic mass is 19.4. The van der Waals surface area contributed by atoms with E-state index in [-0.39, 0.29) is 18.6 Å². The standard InChI is InChI=1S/C14H14F6O2/c1-3-9-8(7-11(21)22-4-2)5-6-10(13(15,16)17)12(9)14(18,19)20/h5-6H,3-4,7H2,1-2H3. The summed E-state index contributed by atoms with van der Waals surface area (Å²) in [5.41, 5.74) is -4.12. The topological polar surface area (TPSA) is 26.3 Å². The molecule has 1 rings (SSSR count). The van der Waals surface area contributed by atoms with Crippen LogP contribution in [0, 0.1) is 0 Å². The van der Waals surface area contributed by atoms with Crippen LogP contribution in [0.5, 0.6) is 0 Å². The predicted molar refractivity (Wildman–Crippen MR) is 66.2 cm³/mol. The first-order valence-corrected chi connectivity index (χ1v) is 6.47. The maximum absolute atomic E-state index is 13.1. The van der Waals surface area contributed by atoms with Crippen molar-refractivity contribution in [3.05, 3.63) is 34.4 Å². The summed E-state index contributed by atoms with van der Waals surface area (Å²) in [6, 6.07) is 1.25. The van der Waals surface area contributed by atoms with Crippen LogP contribution in [0.25, 0.3) is 0 Å². The van der Waals surface area contributed by atoms with Crippen LogP contribution in [0.3, 0.4) is 0 Å². The maximum Gasteiger partial charge on any atom is 0.417 e. The Balaban J connectivity index is 3.49. The molecule has 0 aromatic heterocycles. The van der Waals surface area contributed by atoms with Gasteiger partial charge < -0.3 is 4.74 Å². The van der Waals surface area contributed by atoms with Crippen molar-refractivity contribution in [1.29, 1.82) is 0 Å². The summed E-state index contributed by atoms with van der Waals surface area (Å²) in [5.74, 6) is -0.787. The fourth-order valence-corrected chi connectivity index (χ4v) is 2.19. The highest BCUT2D eigenvalue weighted by molar-refractivity contribution is 5.73. The molecule has 0 fully saturated rings. The molecule has 0 saturated carbocycles. The van der Waals surface area contributed by atoms with E-state index < -0.39 is 41.4 Å². The van der Waals surface area contributed by atoms with Crippen molar-refractivity contribution >= 4 is 5.97 Å². The Morgan fingerprint density at radius 3 is 2.05 bits per heavy atom. The van der Waals surface area contributed by atoms with E-state index in [4.69, 9.17) is 0 Å². The van der Waals surface area contributed by atoms with Gasteiger partial charge in [0.25, 0.3) is 0 Å². The van der Waals surface area contributed by atoms with Gasteiger partial charge in [0, 0.05) is 0 Å². The van der Waals surface area contributed by atoms with Crippen molar-refractivity contribution in [2.24, 2.45) is 0 Å². The van der Waals surface area contributed by atoms with Gasteiger partial charge in [-0.2, -0.15) is 26.3 Å². The zero-order valence-corrected chi connectivity index (χ0v) is 11.9. The number of rotatable bonds is 4. The lowest BCUT2D eigenvalue weighted by Crippen LogP contribution is -2.21. The van der Waals surface area contributed by atoms with Crippen LogP contribution in [0.1, 0.15) is 36.1 Å². The number of esters is 1. The van der Waals surface area contributed by atoms with Gasteiger partial charge in [0.15, 0.2) is 0 Å². The lowest BCUT2D eigenvalue weighted by molar-refractivity contribution is -0.162. The summed E-state index contributed by atoms with van der Waals surface area (Å²) in [6.07, 6.45) is -11.1. The second-order valence-corrected chi connectivity index (χ2v) is 4.46. The number of hydrogen-bond donors (Lipinski definition) is 0. The minimum atomic E-state index is -5.17. The molecule has 0 saturated heterocycles. The molecule has 0 amide bonds. The number of carbonyl (C=O) groups is 1. The maximum atomic E-state index is 13.1. The first kappa shape index (κ1) is 18.3. The van der Waals surface area contributed by atoms with E-state index in [9.17, 15) is 31.1 Å². The van der Waals surface area contributed by atoms with Crippen LogP contribution < -0.4 is 0 Å². The minimum absolute atomic E-state index is 0.0348. The lowest BCUT2D eigenvalue weighted by atomic mass is 9.92. The third-order valence-electron chi connectivity index (χ3n) is 2.99. The molecule has 0 heterocycles. The van der Waals surface area contributed by atoms with Gasteiger partial charge in [-0.25, -0.2) is 0 Å². The highest BCUT2D eigenvalue weighted by Gasteiger charge is 2.45. The summed E-state index contributed by atoms with van der Waals surface area (Å²) in [5, 5.41) is 0. The van der Waals surface area contributed by atoms with Crippen LogP contribution in [-0.4, -0.2) is 12.6 Å². The van der Waals surface area contributed by atoms with Crippen LogP contribution in [0.4, 0.5) is 26.3 Å². The number of hydrogen-bond acceptors (Lipinski definition) is 2. The lowest BCUT2D eigenvalue weighted by Gasteiger charge is -2.21. The Hall–Kier alpha value is -1.73. The van der Waals surface area contributed by atoms with E-state index >= 15 is 0 Å². The van der Waals surface area contributed by atoms with E-state index in [1.54, 1.807) is 0 Å². The average Bonchev–Trinajstić information content (AvgIpc) is 2.35. The summed E-state index contributed by atoms with van der Waals surface area (Å²) in [6.45, 7) is 2.86. The van der Waals surface area contributed by atoms with Crippen molar-refractivity contribution in [2.75, 3.05) is 6.61 Å². The van der Waals surface area contributed by atoms with Crippen molar-refractivity contribution < 1.29 is 35.9 Å². The van der Waals surface area contributed by atoms with E-state index in [1.165, 1.54) is 13.8 Å². The Kier molecular flexibility index (Phi) is 5.48. The zero-order chi connectivity index (χ0) is 17.1. The molecule has 1 aromatic carbocycles. The van der Waals surface area contributed by atoms with E-state index in [0.29, 0.717) is 6.07 Å². The molecule has 2 nitrogen and oxygen atoms in total. The first-order chi connectivity index (χ1) is 10.0. The van der Waals surface area contributed by atoms with Gasteiger partial charge in [-0.15, -0.1) is 0 Å². The molecule has 1 aromatic rings. The summed E-state index contributed by atoms with van der Waals surface area (Å²) < 4.78 is 82.3. The van der Waals surface area contributed by atoms with Gasteiger partial charge in [-0.05, 0) is 30.5 Å². The molecular formula is C14H14F6O2. The van der Waals surface area contributed by atoms with Crippen LogP contribution in [0.2, 0.25) is 0 Å². The number of ether oxygens (including phenoxy) is 1. The van der Waals surface area contributed by atoms with Crippen molar-refractivity contribution in [3.63, 3.8) is 0 Å². The van der Waals surface area contributed by atoms with E-state index in [2.05, 4.69) is 4.74 Å². The average molecular weight is 328 g/mol. The zero-order valence-electron chi connectivity index (χ0n) is 11.9. The SMILES string of the molecule is CCOC(=O)Cc1ccc(C(F)(F)F)c(C(F)(F)F)c1CC. The Morgan fingerprint density at radius 2 is 1.64 bits per heavy atom. The van der Waals surface area contributed by atoms with Gasteiger partial charge >= 0.3 is 18.3 Å². The van der Waals surface area contributed by atoms with Crippen LogP contribution >= 0.6 is 0 Å². The molecule has 22 heavy (non-hydrogen) atoms. The number of benzene rings is 1. The molecule has 0 bridgehead atoms. The minimum Gasteiger partial charge on any atom is -0.466 e. The molecular weight excluding hydrogens is 314 g/mol. The molecule has 0 spiro atoms. The van der Waals surface area contributed by atoms with Gasteiger partial charge in [0.2, 0.25) is 0 Å². The van der Waals surface area contributed by atoms with Crippen molar-refractivity contribution in [2.45, 2.75) is 39.0 Å². The monoisotopic (exact) mass is 328 g/mol. The highest BCUT2D eigenvalue weighted by Crippen LogP contribution is 2.43. The van der Waals surface area contributed by atoms with Gasteiger partial charge in [0.05, 0.1) is 24.2 Å². The normalized spacial score (nSPS) is 12.4. The van der Waals surface area contributed by atoms with Gasteiger partial charge in [-0.3, -0.25) is 4.79 Å². The quantitative estimate of drug-likeness (QED) is 0.605. The predicted octanol–water partition coefficient (Wildman–Crippen LogP) is 4.39. The molecule has 0 unspecified atom stereocenters. The number of carbonyl (C=O) groups excluding carboxylic acids is 1. The third-order valence-corrected chi connectivity index (χ3v) is 2.99. The fourth-order valence-electron chi connectivity index (χ4n) is 2.19. The second kappa shape index (κ2) is 6.58. The third kappa shape index (κ3) is 4.14. The Bertz CT molecular complexity index is 545. The van der Waals surface area contributed by atoms with Crippen LogP contribution in [0.15, 0.2) is 12.1 Å². The molecule has 124 valence electrons. The Labute approximate surface area is 123 Å². The summed E-state index contributed by atoms with van der Waals surface area (Å²) in [7, 11) is 0. The summed E-state index contributed by atoms with van der Waals surface area (Å²) in [4.78, 5) is 11.4. The molecule has 0 aliphatic carbocycles. The smallest absolute Gasteiger partial charge is 0.417 e. The molecule has 0 radical (unpaired) electrons. The van der Waals surface area contributed by atoms with Gasteiger partial charge in [0.1, 0.15) is 0 Å². The van der Waals surface area contributed by atoms with Crippen molar-refractivity contribution in [1.82, 2.24) is 0 Å². The fraction of sp³-hybridized carbons (Fsp3) is 0.500. The molecule has 0 aliphatic rings. The van der Waals surface area contributed by atoms with E-state index in [1.807, 2.05) is 0 Å². The second-order valence-electron chi connectivity index (χ2n) is 4.46. The number of alkyl halides is 6. The first-order valence-electron chi connectivity index (χ1n) is 6.47. The van der Waals surface area contributed by atoms with Crippen molar-refractivity contribution in [3.8, 4) is 0 Å². The Morgan fingerprint density at radius 1 is 1.05 bits per heavy atom. The van der Waals surface area contributed by atoms with Crippen LogP contribution in [-0.2, 0) is 34.7 Å². The molecule has 0 atom stereocenters. The molecule has 0 aliphatic heterocycles. The molecule has 8 heteroatoms. The summed E-state index contributed by atoms with van der Waals surface area (Å²) >= 11 is 0. The van der Waals surface area contributed by atoms with E-state index in [0.717, 1.165) is 6.07 Å². The largest absolute Gasteiger partial charge is 0.466 e. The van der Waals surface area contributed by atoms with Gasteiger partial charge in [-0.1, -0.05) is 13.0 Å². The number of halogens is 6. The molecule has 0 N–H and O–H groups in total.